The van der Waals surface area contributed by atoms with Gasteiger partial charge in [0, 0.05) is 12.6 Å². The molecule has 0 bridgehead atoms. The number of aryl methyl sites for hydroxylation is 1. The number of halogens is 1. The number of carbonyl (C=O) groups is 2. The van der Waals surface area contributed by atoms with Gasteiger partial charge in [-0.15, -0.1) is 0 Å². The molecule has 0 fully saturated rings. The third-order valence-corrected chi connectivity index (χ3v) is 2.75. The highest BCUT2D eigenvalue weighted by atomic mass is 19.1. The molecule has 1 unspecified atom stereocenters. The minimum absolute atomic E-state index is 0.162. The monoisotopic (exact) mass is 253 g/mol. The minimum Gasteiger partial charge on any atom is -0.480 e. The molecule has 0 aliphatic carbocycles. The van der Waals surface area contributed by atoms with Gasteiger partial charge in [-0.1, -0.05) is 6.92 Å². The smallest absolute Gasteiger partial charge is 0.326 e. The fraction of sp³-hybridized carbons (Fsp3) is 0.385. The maximum absolute atomic E-state index is 13.2. The van der Waals surface area contributed by atoms with Gasteiger partial charge < -0.3 is 10.0 Å². The Kier molecular flexibility index (Phi) is 4.42. The lowest BCUT2D eigenvalue weighted by atomic mass is 10.1. The van der Waals surface area contributed by atoms with Crippen LogP contribution < -0.4 is 0 Å². The van der Waals surface area contributed by atoms with Gasteiger partial charge in [0.2, 0.25) is 0 Å². The number of hydrogen-bond donors (Lipinski definition) is 1. The third kappa shape index (κ3) is 3.06. The first kappa shape index (κ1) is 14.2. The van der Waals surface area contributed by atoms with E-state index in [0.29, 0.717) is 12.0 Å². The van der Waals surface area contributed by atoms with Crippen LogP contribution in [-0.4, -0.2) is 35.0 Å². The summed E-state index contributed by atoms with van der Waals surface area (Å²) in [7, 11) is 1.41. The molecule has 4 nitrogen and oxygen atoms in total. The van der Waals surface area contributed by atoms with E-state index in [9.17, 15) is 14.0 Å². The van der Waals surface area contributed by atoms with Crippen LogP contribution >= 0.6 is 0 Å². The molecule has 0 aliphatic rings. The van der Waals surface area contributed by atoms with Gasteiger partial charge in [-0.25, -0.2) is 9.18 Å². The summed E-state index contributed by atoms with van der Waals surface area (Å²) in [4.78, 5) is 24.1. The molecule has 5 heteroatoms. The Labute approximate surface area is 105 Å². The Morgan fingerprint density at radius 2 is 2.00 bits per heavy atom. The largest absolute Gasteiger partial charge is 0.480 e. The molecule has 0 saturated heterocycles. The van der Waals surface area contributed by atoms with E-state index in [0.717, 1.165) is 11.0 Å². The Bertz CT molecular complexity index is 453. The van der Waals surface area contributed by atoms with E-state index in [1.54, 1.807) is 13.8 Å². The zero-order valence-electron chi connectivity index (χ0n) is 10.6. The first-order chi connectivity index (χ1) is 8.36. The fourth-order valence-corrected chi connectivity index (χ4v) is 1.82. The average Bonchev–Trinajstić information content (AvgIpc) is 2.26. The van der Waals surface area contributed by atoms with Gasteiger partial charge in [-0.05, 0) is 37.1 Å². The second-order valence-electron chi connectivity index (χ2n) is 4.20. The molecule has 1 aromatic carbocycles. The molecule has 1 atom stereocenters. The van der Waals surface area contributed by atoms with Crippen LogP contribution in [0.5, 0.6) is 0 Å². The van der Waals surface area contributed by atoms with Gasteiger partial charge in [0.25, 0.3) is 5.91 Å². The van der Waals surface area contributed by atoms with Crippen LogP contribution in [0.2, 0.25) is 0 Å². The number of benzene rings is 1. The van der Waals surface area contributed by atoms with Crippen molar-refractivity contribution in [3.8, 4) is 0 Å². The lowest BCUT2D eigenvalue weighted by Gasteiger charge is -2.23. The Morgan fingerprint density at radius 1 is 1.39 bits per heavy atom. The number of amides is 1. The van der Waals surface area contributed by atoms with E-state index in [2.05, 4.69) is 0 Å². The van der Waals surface area contributed by atoms with Crippen molar-refractivity contribution < 1.29 is 19.1 Å². The molecule has 0 radical (unpaired) electrons. The molecule has 1 N–H and O–H groups in total. The standard InChI is InChI=1S/C13H16FNO3/c1-4-11(13(17)18)15(3)12(16)9-5-8(2)6-10(14)7-9/h5-7,11H,4H2,1-3H3,(H,17,18). The summed E-state index contributed by atoms with van der Waals surface area (Å²) in [5, 5.41) is 8.98. The SMILES string of the molecule is CCC(C(=O)O)N(C)C(=O)c1cc(C)cc(F)c1. The number of nitrogens with zero attached hydrogens (tertiary/aromatic N) is 1. The Morgan fingerprint density at radius 3 is 2.44 bits per heavy atom. The molecule has 18 heavy (non-hydrogen) atoms. The van der Waals surface area contributed by atoms with Crippen LogP contribution in [0.3, 0.4) is 0 Å². The van der Waals surface area contributed by atoms with E-state index in [1.807, 2.05) is 0 Å². The van der Waals surface area contributed by atoms with E-state index < -0.39 is 23.7 Å². The molecule has 0 saturated carbocycles. The van der Waals surface area contributed by atoms with Crippen LogP contribution in [0, 0.1) is 12.7 Å². The quantitative estimate of drug-likeness (QED) is 0.893. The van der Waals surface area contributed by atoms with Crippen molar-refractivity contribution in [1.82, 2.24) is 4.90 Å². The predicted molar refractivity (Wildman–Crippen MR) is 64.9 cm³/mol. The number of hydrogen-bond acceptors (Lipinski definition) is 2. The number of likely N-dealkylation sites (N-methyl/N-ethyl adjacent to an activating group) is 1. The Hall–Kier alpha value is -1.91. The van der Waals surface area contributed by atoms with Crippen molar-refractivity contribution in [1.29, 1.82) is 0 Å². The molecule has 1 amide bonds. The summed E-state index contributed by atoms with van der Waals surface area (Å²) in [6.07, 6.45) is 0.297. The second-order valence-corrected chi connectivity index (χ2v) is 4.20. The van der Waals surface area contributed by atoms with Crippen molar-refractivity contribution in [2.45, 2.75) is 26.3 Å². The summed E-state index contributed by atoms with van der Waals surface area (Å²) in [5.74, 6) is -2.07. The van der Waals surface area contributed by atoms with Crippen molar-refractivity contribution >= 4 is 11.9 Å². The maximum atomic E-state index is 13.2. The third-order valence-electron chi connectivity index (χ3n) is 2.75. The van der Waals surface area contributed by atoms with Crippen molar-refractivity contribution in [2.24, 2.45) is 0 Å². The maximum Gasteiger partial charge on any atom is 0.326 e. The number of carboxylic acid groups (broad SMARTS) is 1. The lowest BCUT2D eigenvalue weighted by molar-refractivity contribution is -0.142. The normalized spacial score (nSPS) is 12.0. The van der Waals surface area contributed by atoms with Gasteiger partial charge in [0.1, 0.15) is 11.9 Å². The van der Waals surface area contributed by atoms with Gasteiger partial charge in [0.05, 0.1) is 0 Å². The van der Waals surface area contributed by atoms with E-state index in [1.165, 1.54) is 19.2 Å². The predicted octanol–water partition coefficient (Wildman–Crippen LogP) is 2.07. The van der Waals surface area contributed by atoms with Gasteiger partial charge in [-0.3, -0.25) is 4.79 Å². The van der Waals surface area contributed by atoms with Crippen molar-refractivity contribution in [3.63, 3.8) is 0 Å². The summed E-state index contributed by atoms with van der Waals surface area (Å²) < 4.78 is 13.2. The highest BCUT2D eigenvalue weighted by Crippen LogP contribution is 2.13. The van der Waals surface area contributed by atoms with Crippen LogP contribution in [0.15, 0.2) is 18.2 Å². The van der Waals surface area contributed by atoms with E-state index >= 15 is 0 Å². The van der Waals surface area contributed by atoms with E-state index in [4.69, 9.17) is 5.11 Å². The number of aliphatic carboxylic acids is 1. The van der Waals surface area contributed by atoms with Crippen LogP contribution in [-0.2, 0) is 4.79 Å². The second kappa shape index (κ2) is 5.62. The average molecular weight is 253 g/mol. The first-order valence-corrected chi connectivity index (χ1v) is 5.64. The zero-order valence-corrected chi connectivity index (χ0v) is 10.6. The molecular weight excluding hydrogens is 237 g/mol. The molecule has 0 heterocycles. The molecule has 1 rings (SSSR count). The van der Waals surface area contributed by atoms with Crippen molar-refractivity contribution in [2.75, 3.05) is 7.05 Å². The zero-order chi connectivity index (χ0) is 13.9. The van der Waals surface area contributed by atoms with Crippen LogP contribution in [0.1, 0.15) is 29.3 Å². The highest BCUT2D eigenvalue weighted by molar-refractivity contribution is 5.96. The van der Waals surface area contributed by atoms with Crippen LogP contribution in [0.4, 0.5) is 4.39 Å². The topological polar surface area (TPSA) is 57.6 Å². The molecular formula is C13H16FNO3. The number of rotatable bonds is 4. The summed E-state index contributed by atoms with van der Waals surface area (Å²) in [6.45, 7) is 3.35. The highest BCUT2D eigenvalue weighted by Gasteiger charge is 2.25. The first-order valence-electron chi connectivity index (χ1n) is 5.64. The van der Waals surface area contributed by atoms with Gasteiger partial charge in [-0.2, -0.15) is 0 Å². The van der Waals surface area contributed by atoms with Gasteiger partial charge in [0.15, 0.2) is 0 Å². The molecule has 0 aliphatic heterocycles. The molecule has 98 valence electrons. The van der Waals surface area contributed by atoms with Gasteiger partial charge >= 0.3 is 5.97 Å². The summed E-state index contributed by atoms with van der Waals surface area (Å²) in [6, 6.07) is 3.06. The fourth-order valence-electron chi connectivity index (χ4n) is 1.82. The summed E-state index contributed by atoms with van der Waals surface area (Å²) in [5.41, 5.74) is 0.782. The van der Waals surface area contributed by atoms with E-state index in [-0.39, 0.29) is 5.56 Å². The number of carboxylic acids is 1. The summed E-state index contributed by atoms with van der Waals surface area (Å²) >= 11 is 0. The van der Waals surface area contributed by atoms with Crippen molar-refractivity contribution in [3.05, 3.63) is 35.1 Å². The molecule has 0 spiro atoms. The number of carbonyl (C=O) groups excluding carboxylic acids is 1. The molecule has 1 aromatic rings. The molecule has 0 aromatic heterocycles. The van der Waals surface area contributed by atoms with Crippen LogP contribution in [0.25, 0.3) is 0 Å². The lowest BCUT2D eigenvalue weighted by Crippen LogP contribution is -2.42. The Balaban J connectivity index is 3.02. The minimum atomic E-state index is -1.07.